The van der Waals surface area contributed by atoms with Crippen LogP contribution in [0.2, 0.25) is 0 Å². The second kappa shape index (κ2) is 9.35. The van der Waals surface area contributed by atoms with E-state index in [2.05, 4.69) is 15.6 Å². The standard InChI is InChI=1S/C17H24N4O2S.2ClH/c22-15(10-11-8-12-3-4-13(9-11)19-12)21-6-1-2-14(21)16(23)20-17-18-5-7-24-17;;/h5,7,11-14,19H,1-4,6,8-10H2,(H,18,20,23);2*1H. The molecule has 0 spiro atoms. The number of likely N-dealkylation sites (tertiary alicyclic amines) is 1. The zero-order valence-electron chi connectivity index (χ0n) is 14.6. The molecule has 0 aromatic carbocycles. The molecule has 3 unspecified atom stereocenters. The van der Waals surface area contributed by atoms with Crippen molar-refractivity contribution in [2.24, 2.45) is 5.92 Å². The number of carbonyl (C=O) groups excluding carboxylic acids is 2. The van der Waals surface area contributed by atoms with Gasteiger partial charge in [-0.3, -0.25) is 9.59 Å². The highest BCUT2D eigenvalue weighted by Crippen LogP contribution is 2.33. The van der Waals surface area contributed by atoms with E-state index in [0.717, 1.165) is 25.7 Å². The molecule has 1 aromatic rings. The van der Waals surface area contributed by atoms with Crippen molar-refractivity contribution in [3.05, 3.63) is 11.6 Å². The minimum atomic E-state index is -0.333. The fraction of sp³-hybridized carbons (Fsp3) is 0.706. The monoisotopic (exact) mass is 420 g/mol. The van der Waals surface area contributed by atoms with Gasteiger partial charge >= 0.3 is 0 Å². The number of hydrogen-bond acceptors (Lipinski definition) is 5. The van der Waals surface area contributed by atoms with Gasteiger partial charge in [-0.25, -0.2) is 4.98 Å². The van der Waals surface area contributed by atoms with Crippen molar-refractivity contribution in [2.45, 2.75) is 63.1 Å². The lowest BCUT2D eigenvalue weighted by Crippen LogP contribution is -2.45. The van der Waals surface area contributed by atoms with E-state index in [1.165, 1.54) is 24.2 Å². The van der Waals surface area contributed by atoms with Crippen molar-refractivity contribution in [2.75, 3.05) is 11.9 Å². The predicted molar refractivity (Wildman–Crippen MR) is 107 cm³/mol. The van der Waals surface area contributed by atoms with Gasteiger partial charge in [-0.05, 0) is 44.4 Å². The Morgan fingerprint density at radius 3 is 2.62 bits per heavy atom. The maximum Gasteiger partial charge on any atom is 0.248 e. The summed E-state index contributed by atoms with van der Waals surface area (Å²) < 4.78 is 0. The molecule has 2 amide bonds. The maximum atomic E-state index is 12.8. The summed E-state index contributed by atoms with van der Waals surface area (Å²) in [5.41, 5.74) is 0. The molecule has 4 heterocycles. The number of piperidine rings is 1. The van der Waals surface area contributed by atoms with Crippen molar-refractivity contribution in [1.82, 2.24) is 15.2 Å². The molecule has 146 valence electrons. The van der Waals surface area contributed by atoms with Crippen molar-refractivity contribution >= 4 is 53.1 Å². The van der Waals surface area contributed by atoms with E-state index in [1.54, 1.807) is 11.1 Å². The van der Waals surface area contributed by atoms with Crippen molar-refractivity contribution in [3.8, 4) is 0 Å². The van der Waals surface area contributed by atoms with Crippen LogP contribution in [-0.4, -0.2) is 46.4 Å². The fourth-order valence-electron chi connectivity index (χ4n) is 4.52. The summed E-state index contributed by atoms with van der Waals surface area (Å²) in [7, 11) is 0. The van der Waals surface area contributed by atoms with Crippen LogP contribution < -0.4 is 10.6 Å². The lowest BCUT2D eigenvalue weighted by atomic mass is 9.89. The first kappa shape index (κ1) is 21.4. The number of aromatic nitrogens is 1. The molecule has 3 fully saturated rings. The van der Waals surface area contributed by atoms with Gasteiger partial charge in [0.15, 0.2) is 5.13 Å². The fourth-order valence-corrected chi connectivity index (χ4v) is 5.05. The number of rotatable bonds is 4. The van der Waals surface area contributed by atoms with Crippen LogP contribution in [0.1, 0.15) is 44.9 Å². The number of anilines is 1. The number of nitrogens with one attached hydrogen (secondary N) is 2. The molecule has 9 heteroatoms. The van der Waals surface area contributed by atoms with Gasteiger partial charge in [0.05, 0.1) is 0 Å². The van der Waals surface area contributed by atoms with Crippen LogP contribution in [0, 0.1) is 5.92 Å². The summed E-state index contributed by atoms with van der Waals surface area (Å²) >= 11 is 1.40. The largest absolute Gasteiger partial charge is 0.331 e. The normalized spacial score (nSPS) is 29.6. The van der Waals surface area contributed by atoms with E-state index in [4.69, 9.17) is 0 Å². The number of nitrogens with zero attached hydrogens (tertiary/aromatic N) is 2. The van der Waals surface area contributed by atoms with Crippen molar-refractivity contribution < 1.29 is 9.59 Å². The molecular formula is C17H26Cl2N4O2S. The molecule has 0 aliphatic carbocycles. The Balaban J connectivity index is 0.00000121. The van der Waals surface area contributed by atoms with Gasteiger partial charge < -0.3 is 15.5 Å². The van der Waals surface area contributed by atoms with Crippen LogP contribution in [0.3, 0.4) is 0 Å². The average molecular weight is 421 g/mol. The highest BCUT2D eigenvalue weighted by molar-refractivity contribution is 7.13. The molecular weight excluding hydrogens is 395 g/mol. The molecule has 0 saturated carbocycles. The third-order valence-corrected chi connectivity index (χ3v) is 6.26. The predicted octanol–water partition coefficient (Wildman–Crippen LogP) is 2.84. The lowest BCUT2D eigenvalue weighted by molar-refractivity contribution is -0.137. The Labute approximate surface area is 170 Å². The Morgan fingerprint density at radius 1 is 1.23 bits per heavy atom. The molecule has 1 aromatic heterocycles. The molecule has 2 bridgehead atoms. The van der Waals surface area contributed by atoms with E-state index in [-0.39, 0.29) is 42.7 Å². The molecule has 3 atom stereocenters. The number of thiazole rings is 1. The number of fused-ring (bicyclic) bond motifs is 2. The van der Waals surface area contributed by atoms with Gasteiger partial charge in [-0.2, -0.15) is 0 Å². The number of hydrogen-bond donors (Lipinski definition) is 2. The van der Waals surface area contributed by atoms with Crippen LogP contribution in [0.25, 0.3) is 0 Å². The highest BCUT2D eigenvalue weighted by Gasteiger charge is 2.38. The third kappa shape index (κ3) is 4.68. The van der Waals surface area contributed by atoms with Crippen LogP contribution in [0.15, 0.2) is 11.6 Å². The van der Waals surface area contributed by atoms with Crippen LogP contribution in [0.4, 0.5) is 5.13 Å². The highest BCUT2D eigenvalue weighted by atomic mass is 35.5. The Bertz CT molecular complexity index is 604. The van der Waals surface area contributed by atoms with E-state index in [0.29, 0.717) is 36.1 Å². The molecule has 26 heavy (non-hydrogen) atoms. The van der Waals surface area contributed by atoms with E-state index >= 15 is 0 Å². The van der Waals surface area contributed by atoms with E-state index < -0.39 is 0 Å². The summed E-state index contributed by atoms with van der Waals surface area (Å²) in [5.74, 6) is 0.527. The zero-order chi connectivity index (χ0) is 16.5. The van der Waals surface area contributed by atoms with Crippen LogP contribution in [-0.2, 0) is 9.59 Å². The summed E-state index contributed by atoms with van der Waals surface area (Å²) in [6.45, 7) is 0.701. The summed E-state index contributed by atoms with van der Waals surface area (Å²) in [6.07, 6.45) is 8.62. The SMILES string of the molecule is Cl.Cl.O=C(Nc1nccs1)C1CCCN1C(=O)CC1CC2CCC(C1)N2. The Morgan fingerprint density at radius 2 is 1.96 bits per heavy atom. The third-order valence-electron chi connectivity index (χ3n) is 5.57. The zero-order valence-corrected chi connectivity index (χ0v) is 17.0. The number of halogens is 2. The Hall–Kier alpha value is -0.890. The Kier molecular flexibility index (Phi) is 7.70. The van der Waals surface area contributed by atoms with Gasteiger partial charge in [0.1, 0.15) is 6.04 Å². The maximum absolute atomic E-state index is 12.8. The van der Waals surface area contributed by atoms with Gasteiger partial charge in [0.2, 0.25) is 11.8 Å². The molecule has 6 nitrogen and oxygen atoms in total. The van der Waals surface area contributed by atoms with Gasteiger partial charge in [0, 0.05) is 36.6 Å². The van der Waals surface area contributed by atoms with Gasteiger partial charge in [0.25, 0.3) is 0 Å². The quantitative estimate of drug-likeness (QED) is 0.784. The molecule has 2 N–H and O–H groups in total. The van der Waals surface area contributed by atoms with Crippen molar-refractivity contribution in [1.29, 1.82) is 0 Å². The van der Waals surface area contributed by atoms with Crippen molar-refractivity contribution in [3.63, 3.8) is 0 Å². The van der Waals surface area contributed by atoms with Crippen LogP contribution in [0.5, 0.6) is 0 Å². The topological polar surface area (TPSA) is 74.3 Å². The first-order valence-corrected chi connectivity index (χ1v) is 9.83. The van der Waals surface area contributed by atoms with Gasteiger partial charge in [-0.15, -0.1) is 36.2 Å². The van der Waals surface area contributed by atoms with Crippen LogP contribution >= 0.6 is 36.2 Å². The lowest BCUT2D eigenvalue weighted by Gasteiger charge is -2.31. The summed E-state index contributed by atoms with van der Waals surface area (Å²) in [4.78, 5) is 31.2. The molecule has 3 aliphatic heterocycles. The summed E-state index contributed by atoms with van der Waals surface area (Å²) in [6, 6.07) is 0.869. The molecule has 4 rings (SSSR count). The second-order valence-corrected chi connectivity index (χ2v) is 8.15. The minimum absolute atomic E-state index is 0. The number of carbonyl (C=O) groups is 2. The molecule has 3 aliphatic rings. The first-order valence-electron chi connectivity index (χ1n) is 8.95. The van der Waals surface area contributed by atoms with E-state index in [1.807, 2.05) is 5.38 Å². The second-order valence-electron chi connectivity index (χ2n) is 7.25. The number of amides is 2. The average Bonchev–Trinajstić information content (AvgIpc) is 3.28. The molecule has 3 saturated heterocycles. The van der Waals surface area contributed by atoms with E-state index in [9.17, 15) is 9.59 Å². The smallest absolute Gasteiger partial charge is 0.248 e. The first-order chi connectivity index (χ1) is 11.7. The minimum Gasteiger partial charge on any atom is -0.331 e. The molecule has 0 radical (unpaired) electrons. The summed E-state index contributed by atoms with van der Waals surface area (Å²) in [5, 5.41) is 8.90. The van der Waals surface area contributed by atoms with Gasteiger partial charge in [-0.1, -0.05) is 0 Å².